The summed E-state index contributed by atoms with van der Waals surface area (Å²) in [6, 6.07) is 6.05. The summed E-state index contributed by atoms with van der Waals surface area (Å²) < 4.78 is 0. The van der Waals surface area contributed by atoms with Crippen molar-refractivity contribution in [3.63, 3.8) is 0 Å². The molecule has 0 unspecified atom stereocenters. The van der Waals surface area contributed by atoms with Gasteiger partial charge in [0.2, 0.25) is 0 Å². The van der Waals surface area contributed by atoms with E-state index in [0.29, 0.717) is 0 Å². The Kier molecular flexibility index (Phi) is 12.6. The molecular weight excluding hydrogens is 437 g/mol. The van der Waals surface area contributed by atoms with E-state index in [1.807, 2.05) is 18.3 Å². The van der Waals surface area contributed by atoms with E-state index in [-0.39, 0.29) is 24.0 Å². The second-order valence-electron chi connectivity index (χ2n) is 6.99. The van der Waals surface area contributed by atoms with Gasteiger partial charge in [0.05, 0.1) is 0 Å². The Balaban J connectivity index is 0.00000338. The summed E-state index contributed by atoms with van der Waals surface area (Å²) in [5, 5.41) is 6.72. The Hall–Kier alpha value is -0.890. The highest BCUT2D eigenvalue weighted by Gasteiger charge is 2.14. The van der Waals surface area contributed by atoms with Crippen LogP contribution >= 0.6 is 24.0 Å². The number of guanidine groups is 1. The van der Waals surface area contributed by atoms with E-state index in [4.69, 9.17) is 4.99 Å². The third-order valence-electron chi connectivity index (χ3n) is 4.77. The van der Waals surface area contributed by atoms with Crippen LogP contribution in [0.3, 0.4) is 0 Å². The Bertz CT molecular complexity index is 486. The van der Waals surface area contributed by atoms with Crippen molar-refractivity contribution in [1.82, 2.24) is 20.5 Å². The van der Waals surface area contributed by atoms with Gasteiger partial charge in [0.1, 0.15) is 0 Å². The van der Waals surface area contributed by atoms with E-state index in [1.165, 1.54) is 38.9 Å². The molecule has 1 fully saturated rings. The predicted octanol–water partition coefficient (Wildman–Crippen LogP) is 3.31. The minimum Gasteiger partial charge on any atom is -0.357 e. The van der Waals surface area contributed by atoms with Crippen molar-refractivity contribution in [3.05, 3.63) is 30.1 Å². The van der Waals surface area contributed by atoms with Gasteiger partial charge >= 0.3 is 0 Å². The summed E-state index contributed by atoms with van der Waals surface area (Å²) in [5.74, 6) is 1.84. The number of nitrogens with one attached hydrogen (secondary N) is 2. The first kappa shape index (κ1) is 23.1. The smallest absolute Gasteiger partial charge is 0.191 e. The van der Waals surface area contributed by atoms with Crippen LogP contribution in [0.15, 0.2) is 29.4 Å². The molecule has 1 aliphatic heterocycles. The summed E-state index contributed by atoms with van der Waals surface area (Å²) in [7, 11) is 0. The average molecular weight is 473 g/mol. The van der Waals surface area contributed by atoms with Gasteiger partial charge in [0.15, 0.2) is 5.96 Å². The number of piperidine rings is 1. The molecule has 0 aromatic carbocycles. The molecule has 148 valence electrons. The molecule has 1 saturated heterocycles. The van der Waals surface area contributed by atoms with E-state index in [2.05, 4.69) is 40.4 Å². The number of hydrogen-bond acceptors (Lipinski definition) is 3. The van der Waals surface area contributed by atoms with Gasteiger partial charge in [-0.15, -0.1) is 24.0 Å². The summed E-state index contributed by atoms with van der Waals surface area (Å²) in [5.41, 5.74) is 1.11. The van der Waals surface area contributed by atoms with Gasteiger partial charge in [-0.1, -0.05) is 13.0 Å². The van der Waals surface area contributed by atoms with Crippen LogP contribution in [-0.2, 0) is 6.42 Å². The van der Waals surface area contributed by atoms with Crippen LogP contribution in [0.2, 0.25) is 0 Å². The van der Waals surface area contributed by atoms with E-state index in [0.717, 1.165) is 50.0 Å². The van der Waals surface area contributed by atoms with E-state index in [9.17, 15) is 0 Å². The highest BCUT2D eigenvalue weighted by atomic mass is 127. The molecule has 2 heterocycles. The van der Waals surface area contributed by atoms with Crippen molar-refractivity contribution >= 4 is 29.9 Å². The van der Waals surface area contributed by atoms with Gasteiger partial charge in [-0.05, 0) is 70.3 Å². The number of unbranched alkanes of at least 4 members (excludes halogenated alkanes) is 1. The quantitative estimate of drug-likeness (QED) is 0.250. The zero-order chi connectivity index (χ0) is 17.7. The Morgan fingerprint density at radius 2 is 2.04 bits per heavy atom. The molecule has 0 spiro atoms. The highest BCUT2D eigenvalue weighted by Crippen LogP contribution is 2.16. The molecule has 0 aliphatic carbocycles. The minimum atomic E-state index is 0. The van der Waals surface area contributed by atoms with E-state index < -0.39 is 0 Å². The van der Waals surface area contributed by atoms with Crippen LogP contribution in [0.5, 0.6) is 0 Å². The fourth-order valence-corrected chi connectivity index (χ4v) is 3.12. The normalized spacial score (nSPS) is 16.2. The molecule has 1 aliphatic rings. The summed E-state index contributed by atoms with van der Waals surface area (Å²) >= 11 is 0. The molecule has 0 amide bonds. The number of aliphatic imine (C=N–C) groups is 1. The van der Waals surface area contributed by atoms with Crippen molar-refractivity contribution in [2.75, 3.05) is 39.3 Å². The molecule has 0 radical (unpaired) electrons. The van der Waals surface area contributed by atoms with Crippen LogP contribution in [-0.4, -0.2) is 55.1 Å². The fraction of sp³-hybridized carbons (Fsp3) is 0.700. The predicted molar refractivity (Wildman–Crippen MR) is 121 cm³/mol. The lowest BCUT2D eigenvalue weighted by Crippen LogP contribution is -2.38. The Morgan fingerprint density at radius 1 is 1.23 bits per heavy atom. The molecule has 2 rings (SSSR count). The van der Waals surface area contributed by atoms with Crippen molar-refractivity contribution in [2.24, 2.45) is 10.9 Å². The van der Waals surface area contributed by atoms with Crippen LogP contribution in [0.1, 0.15) is 45.2 Å². The van der Waals surface area contributed by atoms with Crippen LogP contribution < -0.4 is 10.6 Å². The molecule has 0 bridgehead atoms. The fourth-order valence-electron chi connectivity index (χ4n) is 3.12. The first-order valence-corrected chi connectivity index (χ1v) is 9.92. The standard InChI is InChI=1S/C20H35N5.HI/c1-3-21-20(24-14-9-19-8-4-5-12-22-19)23-13-6-7-15-25-16-10-18(2)11-17-25;/h4-5,8,12,18H,3,6-7,9-11,13-17H2,1-2H3,(H2,21,23,24);1H. The third kappa shape index (κ3) is 9.71. The SMILES string of the molecule is CCNC(=NCCCCN1CCC(C)CC1)NCCc1ccccn1.I. The van der Waals surface area contributed by atoms with Crippen LogP contribution in [0.25, 0.3) is 0 Å². The monoisotopic (exact) mass is 473 g/mol. The number of halogens is 1. The maximum atomic E-state index is 4.69. The van der Waals surface area contributed by atoms with Crippen molar-refractivity contribution in [2.45, 2.75) is 46.0 Å². The van der Waals surface area contributed by atoms with Crippen molar-refractivity contribution < 1.29 is 0 Å². The van der Waals surface area contributed by atoms with E-state index in [1.54, 1.807) is 0 Å². The summed E-state index contributed by atoms with van der Waals surface area (Å²) in [6.45, 7) is 10.9. The van der Waals surface area contributed by atoms with Crippen molar-refractivity contribution in [3.8, 4) is 0 Å². The van der Waals surface area contributed by atoms with Gasteiger partial charge < -0.3 is 15.5 Å². The average Bonchev–Trinajstić information content (AvgIpc) is 2.64. The summed E-state index contributed by atoms with van der Waals surface area (Å²) in [6.07, 6.45) is 7.89. The highest BCUT2D eigenvalue weighted by molar-refractivity contribution is 14.0. The number of likely N-dealkylation sites (tertiary alicyclic amines) is 1. The zero-order valence-electron chi connectivity index (χ0n) is 16.4. The molecule has 2 N–H and O–H groups in total. The van der Waals surface area contributed by atoms with Gasteiger partial charge in [-0.2, -0.15) is 0 Å². The Labute approximate surface area is 176 Å². The molecule has 26 heavy (non-hydrogen) atoms. The number of aromatic nitrogens is 1. The first-order chi connectivity index (χ1) is 12.3. The second kappa shape index (κ2) is 14.2. The van der Waals surface area contributed by atoms with Crippen LogP contribution in [0.4, 0.5) is 0 Å². The molecular formula is C20H36IN5. The maximum Gasteiger partial charge on any atom is 0.191 e. The number of nitrogens with zero attached hydrogens (tertiary/aromatic N) is 3. The molecule has 1 aromatic heterocycles. The molecule has 5 nitrogen and oxygen atoms in total. The third-order valence-corrected chi connectivity index (χ3v) is 4.77. The Morgan fingerprint density at radius 3 is 2.73 bits per heavy atom. The zero-order valence-corrected chi connectivity index (χ0v) is 18.7. The minimum absolute atomic E-state index is 0. The molecule has 0 atom stereocenters. The van der Waals surface area contributed by atoms with Gasteiger partial charge in [-0.3, -0.25) is 9.98 Å². The van der Waals surface area contributed by atoms with Crippen molar-refractivity contribution in [1.29, 1.82) is 0 Å². The molecule has 0 saturated carbocycles. The topological polar surface area (TPSA) is 52.6 Å². The van der Waals surface area contributed by atoms with Gasteiger partial charge in [0.25, 0.3) is 0 Å². The van der Waals surface area contributed by atoms with Gasteiger partial charge in [-0.25, -0.2) is 0 Å². The molecule has 6 heteroatoms. The first-order valence-electron chi connectivity index (χ1n) is 9.92. The summed E-state index contributed by atoms with van der Waals surface area (Å²) in [4.78, 5) is 11.7. The number of rotatable bonds is 9. The second-order valence-corrected chi connectivity index (χ2v) is 6.99. The maximum absolute atomic E-state index is 4.69. The van der Waals surface area contributed by atoms with Gasteiger partial charge in [0, 0.05) is 37.9 Å². The lowest BCUT2D eigenvalue weighted by Gasteiger charge is -2.30. The lowest BCUT2D eigenvalue weighted by molar-refractivity contribution is 0.190. The molecule has 1 aromatic rings. The number of pyridine rings is 1. The number of hydrogen-bond donors (Lipinski definition) is 2. The van der Waals surface area contributed by atoms with Crippen LogP contribution in [0, 0.1) is 5.92 Å². The lowest BCUT2D eigenvalue weighted by atomic mass is 9.99. The largest absolute Gasteiger partial charge is 0.357 e. The van der Waals surface area contributed by atoms with E-state index >= 15 is 0 Å².